The summed E-state index contributed by atoms with van der Waals surface area (Å²) in [5, 5.41) is 0. The summed E-state index contributed by atoms with van der Waals surface area (Å²) < 4.78 is 12.7. The summed E-state index contributed by atoms with van der Waals surface area (Å²) in [6.07, 6.45) is 0. The second kappa shape index (κ2) is 7.78. The van der Waals surface area contributed by atoms with Crippen molar-refractivity contribution in [2.45, 2.75) is 40.2 Å². The van der Waals surface area contributed by atoms with Crippen molar-refractivity contribution in [2.24, 2.45) is 0 Å². The number of amides is 1. The van der Waals surface area contributed by atoms with E-state index in [9.17, 15) is 4.79 Å². The Kier molecular flexibility index (Phi) is 7.90. The molecule has 0 saturated heterocycles. The highest BCUT2D eigenvalue weighted by molar-refractivity contribution is 8.08. The highest BCUT2D eigenvalue weighted by Gasteiger charge is 2.37. The molecule has 0 aromatic heterocycles. The van der Waals surface area contributed by atoms with E-state index < -0.39 is 12.2 Å². The van der Waals surface area contributed by atoms with Crippen LogP contribution in [0.5, 0.6) is 0 Å². The van der Waals surface area contributed by atoms with Crippen LogP contribution in [-0.2, 0) is 25.6 Å². The van der Waals surface area contributed by atoms with E-state index in [0.717, 1.165) is 0 Å². The molecule has 0 aliphatic rings. The molecule has 1 N–H and O–H groups in total. The number of carbonyl (C=O) groups excluding carboxylic acids is 1. The molecule has 5 nitrogen and oxygen atoms in total. The molecule has 0 aromatic carbocycles. The number of nitrogens with one attached hydrogen (secondary N) is 1. The van der Waals surface area contributed by atoms with Crippen LogP contribution in [0.4, 0.5) is 0 Å². The first-order chi connectivity index (χ1) is 8.21. The van der Waals surface area contributed by atoms with E-state index in [0.29, 0.717) is 13.2 Å². The molecule has 0 bridgehead atoms. The van der Waals surface area contributed by atoms with Crippen molar-refractivity contribution in [1.82, 2.24) is 10.2 Å². The Hall–Kier alpha value is 0.290. The first-order valence-corrected chi connectivity index (χ1v) is 8.89. The van der Waals surface area contributed by atoms with Gasteiger partial charge in [-0.1, -0.05) is 0 Å². The van der Waals surface area contributed by atoms with Crippen molar-refractivity contribution in [1.29, 1.82) is 0 Å². The molecule has 108 valence electrons. The van der Waals surface area contributed by atoms with Gasteiger partial charge in [0, 0.05) is 5.54 Å². The third kappa shape index (κ3) is 5.51. The predicted molar refractivity (Wildman–Crippen MR) is 78.0 cm³/mol. The van der Waals surface area contributed by atoms with Crippen molar-refractivity contribution in [3.63, 3.8) is 0 Å². The maximum atomic E-state index is 11.5. The van der Waals surface area contributed by atoms with Gasteiger partial charge in [0.1, 0.15) is 5.88 Å². The molecule has 0 rings (SSSR count). The lowest BCUT2D eigenvalue weighted by Crippen LogP contribution is -2.51. The number of hydrogen-bond acceptors (Lipinski definition) is 4. The van der Waals surface area contributed by atoms with E-state index in [-0.39, 0.29) is 11.8 Å². The number of rotatable bonds is 7. The minimum absolute atomic E-state index is 0.139. The first kappa shape index (κ1) is 18.3. The van der Waals surface area contributed by atoms with Crippen LogP contribution in [0.15, 0.2) is 0 Å². The standard InChI is InChI=1S/C10H22ClN2O3PS/c1-6-15-17(18,16-7-2)13(10(3,4)5)12-9(14)8-11/h6-8H2,1-5H3,(H,12,14). The molecule has 0 aliphatic carbocycles. The Morgan fingerprint density at radius 3 is 2.06 bits per heavy atom. The monoisotopic (exact) mass is 316 g/mol. The van der Waals surface area contributed by atoms with Gasteiger partial charge in [-0.3, -0.25) is 10.2 Å². The molecular formula is C10H22ClN2O3PS. The van der Waals surface area contributed by atoms with E-state index >= 15 is 0 Å². The molecule has 0 heterocycles. The molecule has 0 spiro atoms. The molecule has 0 fully saturated rings. The maximum Gasteiger partial charge on any atom is 0.282 e. The molecule has 8 heteroatoms. The maximum absolute atomic E-state index is 11.5. The molecule has 0 aliphatic heterocycles. The molecule has 0 saturated carbocycles. The normalized spacial score (nSPS) is 12.8. The summed E-state index contributed by atoms with van der Waals surface area (Å²) >= 11 is 11.0. The number of alkyl halides is 1. The van der Waals surface area contributed by atoms with Gasteiger partial charge in [0.2, 0.25) is 5.91 Å². The van der Waals surface area contributed by atoms with Crippen LogP contribution < -0.4 is 5.43 Å². The Labute approximate surface area is 119 Å². The van der Waals surface area contributed by atoms with Gasteiger partial charge in [-0.2, -0.15) is 0 Å². The van der Waals surface area contributed by atoms with Gasteiger partial charge in [0.05, 0.1) is 13.2 Å². The van der Waals surface area contributed by atoms with Gasteiger partial charge in [-0.05, 0) is 46.4 Å². The summed E-state index contributed by atoms with van der Waals surface area (Å²) in [4.78, 5) is 11.5. The summed E-state index contributed by atoms with van der Waals surface area (Å²) in [6.45, 7) is 7.52. The van der Waals surface area contributed by atoms with Crippen LogP contribution in [0.1, 0.15) is 34.6 Å². The van der Waals surface area contributed by atoms with Crippen LogP contribution in [0.3, 0.4) is 0 Å². The van der Waals surface area contributed by atoms with Gasteiger partial charge < -0.3 is 9.05 Å². The van der Waals surface area contributed by atoms with Crippen molar-refractivity contribution >= 4 is 36.0 Å². The summed E-state index contributed by atoms with van der Waals surface area (Å²) in [5.74, 6) is -0.472. The van der Waals surface area contributed by atoms with Crippen molar-refractivity contribution in [3.05, 3.63) is 0 Å². The first-order valence-electron chi connectivity index (χ1n) is 5.76. The van der Waals surface area contributed by atoms with Crippen LogP contribution in [0, 0.1) is 0 Å². The summed E-state index contributed by atoms with van der Waals surface area (Å²) in [6, 6.07) is 0. The zero-order valence-electron chi connectivity index (χ0n) is 11.5. The average Bonchev–Trinajstić information content (AvgIpc) is 2.24. The minimum Gasteiger partial charge on any atom is -0.317 e. The Morgan fingerprint density at radius 2 is 1.78 bits per heavy atom. The lowest BCUT2D eigenvalue weighted by Gasteiger charge is -2.41. The zero-order chi connectivity index (χ0) is 14.4. The number of hydrogen-bond donors (Lipinski definition) is 1. The number of nitrogens with zero attached hydrogens (tertiary/aromatic N) is 1. The molecule has 18 heavy (non-hydrogen) atoms. The largest absolute Gasteiger partial charge is 0.317 e. The van der Waals surface area contributed by atoms with E-state index in [2.05, 4.69) is 5.43 Å². The Morgan fingerprint density at radius 1 is 1.33 bits per heavy atom. The second-order valence-corrected chi connectivity index (χ2v) is 7.96. The summed E-state index contributed by atoms with van der Waals surface area (Å²) in [7, 11) is 0. The van der Waals surface area contributed by atoms with E-state index in [1.807, 2.05) is 34.6 Å². The zero-order valence-corrected chi connectivity index (χ0v) is 14.0. The highest BCUT2D eigenvalue weighted by atomic mass is 35.5. The van der Waals surface area contributed by atoms with Crippen LogP contribution in [0.25, 0.3) is 0 Å². The molecule has 0 aromatic rings. The minimum atomic E-state index is -2.74. The van der Waals surface area contributed by atoms with Crippen molar-refractivity contribution in [2.75, 3.05) is 19.1 Å². The van der Waals surface area contributed by atoms with E-state index in [4.69, 9.17) is 32.5 Å². The van der Waals surface area contributed by atoms with Crippen LogP contribution >= 0.6 is 18.2 Å². The number of hydrazine groups is 1. The van der Waals surface area contributed by atoms with Crippen molar-refractivity contribution in [3.8, 4) is 0 Å². The molecule has 0 unspecified atom stereocenters. The second-order valence-electron chi connectivity index (χ2n) is 4.46. The SMILES string of the molecule is CCOP(=S)(OCC)N(NC(=O)CCl)C(C)(C)C. The van der Waals surface area contributed by atoms with E-state index in [1.165, 1.54) is 0 Å². The van der Waals surface area contributed by atoms with Crippen LogP contribution in [-0.4, -0.2) is 35.3 Å². The third-order valence-electron chi connectivity index (χ3n) is 1.82. The topological polar surface area (TPSA) is 50.8 Å². The van der Waals surface area contributed by atoms with Crippen LogP contribution in [0.2, 0.25) is 0 Å². The molecule has 1 amide bonds. The Bertz CT molecular complexity index is 313. The van der Waals surface area contributed by atoms with Crippen molar-refractivity contribution < 1.29 is 13.8 Å². The quantitative estimate of drug-likeness (QED) is 0.444. The fourth-order valence-corrected chi connectivity index (χ4v) is 4.70. The molecule has 0 radical (unpaired) electrons. The smallest absolute Gasteiger partial charge is 0.282 e. The van der Waals surface area contributed by atoms with Gasteiger partial charge in [0.15, 0.2) is 0 Å². The lowest BCUT2D eigenvalue weighted by molar-refractivity contribution is -0.123. The van der Waals surface area contributed by atoms with Gasteiger partial charge in [-0.15, -0.1) is 16.4 Å². The average molecular weight is 317 g/mol. The third-order valence-corrected chi connectivity index (χ3v) is 5.54. The predicted octanol–water partition coefficient (Wildman–Crippen LogP) is 2.65. The summed E-state index contributed by atoms with van der Waals surface area (Å²) in [5.41, 5.74) is 2.25. The fourth-order valence-electron chi connectivity index (χ4n) is 1.22. The number of halogens is 1. The lowest BCUT2D eigenvalue weighted by atomic mass is 10.1. The van der Waals surface area contributed by atoms with E-state index in [1.54, 1.807) is 4.78 Å². The molecule has 0 atom stereocenters. The Balaban J connectivity index is 5.24. The van der Waals surface area contributed by atoms with Gasteiger partial charge in [0.25, 0.3) is 6.64 Å². The van der Waals surface area contributed by atoms with Gasteiger partial charge in [-0.25, -0.2) is 0 Å². The number of carbonyl (C=O) groups is 1. The van der Waals surface area contributed by atoms with Gasteiger partial charge >= 0.3 is 0 Å². The fraction of sp³-hybridized carbons (Fsp3) is 0.900. The molecular weight excluding hydrogens is 295 g/mol. The highest BCUT2D eigenvalue weighted by Crippen LogP contribution is 2.54.